The molecule has 0 bridgehead atoms. The Kier molecular flexibility index (Phi) is 5.87. The summed E-state index contributed by atoms with van der Waals surface area (Å²) in [6.07, 6.45) is -5.00. The predicted octanol–water partition coefficient (Wildman–Crippen LogP) is 2.63. The number of benzene rings is 2. The number of halogens is 4. The second kappa shape index (κ2) is 8.22. The third-order valence-corrected chi connectivity index (χ3v) is 5.72. The van der Waals surface area contributed by atoms with Crippen molar-refractivity contribution in [3.8, 4) is 5.69 Å². The Balaban J connectivity index is 1.80. The molecule has 7 nitrogen and oxygen atoms in total. The molecule has 30 heavy (non-hydrogen) atoms. The summed E-state index contributed by atoms with van der Waals surface area (Å²) in [5.74, 6) is -2.42. The minimum absolute atomic E-state index is 0.0254. The molecule has 1 N–H and O–H groups in total. The van der Waals surface area contributed by atoms with Gasteiger partial charge < -0.3 is 5.32 Å². The number of amides is 1. The molecule has 2 aromatic carbocycles. The maximum absolute atomic E-state index is 13.5. The van der Waals surface area contributed by atoms with Gasteiger partial charge in [-0.15, -0.1) is 5.10 Å². The fourth-order valence-corrected chi connectivity index (χ4v) is 3.76. The standard InChI is InChI=1S/C18H14F4N4O3S/c19-12-6-8-13(9-7-12)26-16(18(20,21)22)15(24-25-26)17(27)23-10-11-30(28,29)14-4-2-1-3-5-14/h1-9H,10-11H2,(H,23,27). The molecule has 0 atom stereocenters. The summed E-state index contributed by atoms with van der Waals surface area (Å²) >= 11 is 0. The van der Waals surface area contributed by atoms with E-state index in [4.69, 9.17) is 0 Å². The number of hydrogen-bond donors (Lipinski definition) is 1. The number of alkyl halides is 3. The highest BCUT2D eigenvalue weighted by molar-refractivity contribution is 7.91. The molecule has 1 aromatic heterocycles. The molecule has 0 aliphatic rings. The Morgan fingerprint density at radius 2 is 1.67 bits per heavy atom. The van der Waals surface area contributed by atoms with Crippen molar-refractivity contribution in [1.82, 2.24) is 20.3 Å². The predicted molar refractivity (Wildman–Crippen MR) is 97.1 cm³/mol. The van der Waals surface area contributed by atoms with E-state index in [1.54, 1.807) is 6.07 Å². The number of hydrogen-bond acceptors (Lipinski definition) is 5. The topological polar surface area (TPSA) is 93.9 Å². The Bertz CT molecular complexity index is 1140. The zero-order valence-electron chi connectivity index (χ0n) is 15.1. The Hall–Kier alpha value is -3.28. The number of rotatable bonds is 6. The molecule has 3 aromatic rings. The van der Waals surface area contributed by atoms with Gasteiger partial charge in [0.25, 0.3) is 5.91 Å². The molecular weight excluding hydrogens is 428 g/mol. The third kappa shape index (κ3) is 4.64. The minimum Gasteiger partial charge on any atom is -0.350 e. The van der Waals surface area contributed by atoms with Crippen molar-refractivity contribution >= 4 is 15.7 Å². The van der Waals surface area contributed by atoms with Crippen LogP contribution in [0, 0.1) is 5.82 Å². The van der Waals surface area contributed by atoms with Crippen molar-refractivity contribution in [3.05, 3.63) is 71.8 Å². The lowest BCUT2D eigenvalue weighted by molar-refractivity contribution is -0.143. The van der Waals surface area contributed by atoms with Gasteiger partial charge in [-0.3, -0.25) is 4.79 Å². The normalized spacial score (nSPS) is 12.0. The van der Waals surface area contributed by atoms with Crippen molar-refractivity contribution in [2.45, 2.75) is 11.1 Å². The van der Waals surface area contributed by atoms with Gasteiger partial charge in [0.1, 0.15) is 5.82 Å². The van der Waals surface area contributed by atoms with Crippen LogP contribution in [0.2, 0.25) is 0 Å². The number of carbonyl (C=O) groups is 1. The molecule has 12 heteroatoms. The van der Waals surface area contributed by atoms with Gasteiger partial charge in [-0.05, 0) is 36.4 Å². The van der Waals surface area contributed by atoms with E-state index in [1.807, 2.05) is 0 Å². The summed E-state index contributed by atoms with van der Waals surface area (Å²) in [7, 11) is -3.73. The van der Waals surface area contributed by atoms with Crippen LogP contribution in [0.25, 0.3) is 5.69 Å². The van der Waals surface area contributed by atoms with Crippen LogP contribution in [0.5, 0.6) is 0 Å². The number of carbonyl (C=O) groups excluding carboxylic acids is 1. The van der Waals surface area contributed by atoms with Crippen LogP contribution in [0.4, 0.5) is 17.6 Å². The lowest BCUT2D eigenvalue weighted by atomic mass is 10.2. The highest BCUT2D eigenvalue weighted by Crippen LogP contribution is 2.32. The summed E-state index contributed by atoms with van der Waals surface area (Å²) in [4.78, 5) is 12.3. The lowest BCUT2D eigenvalue weighted by Crippen LogP contribution is -2.31. The molecule has 3 rings (SSSR count). The zero-order chi connectivity index (χ0) is 21.9. The zero-order valence-corrected chi connectivity index (χ0v) is 15.9. The molecule has 0 spiro atoms. The van der Waals surface area contributed by atoms with Crippen LogP contribution >= 0.6 is 0 Å². The number of sulfone groups is 1. The molecule has 0 aliphatic heterocycles. The highest BCUT2D eigenvalue weighted by atomic mass is 32.2. The molecule has 0 aliphatic carbocycles. The first kappa shape index (κ1) is 21.4. The van der Waals surface area contributed by atoms with Gasteiger partial charge in [0.05, 0.1) is 16.3 Å². The van der Waals surface area contributed by atoms with E-state index in [1.165, 1.54) is 24.3 Å². The Morgan fingerprint density at radius 3 is 2.27 bits per heavy atom. The average Bonchev–Trinajstić information content (AvgIpc) is 3.15. The Labute approximate surface area is 168 Å². The second-order valence-corrected chi connectivity index (χ2v) is 8.17. The maximum Gasteiger partial charge on any atom is 0.435 e. The molecule has 0 radical (unpaired) electrons. The highest BCUT2D eigenvalue weighted by Gasteiger charge is 2.42. The van der Waals surface area contributed by atoms with E-state index in [-0.39, 0.29) is 10.6 Å². The maximum atomic E-state index is 13.5. The lowest BCUT2D eigenvalue weighted by Gasteiger charge is -2.11. The first-order valence-electron chi connectivity index (χ1n) is 8.44. The first-order valence-corrected chi connectivity index (χ1v) is 10.1. The van der Waals surface area contributed by atoms with Gasteiger partial charge in [0.2, 0.25) is 0 Å². The van der Waals surface area contributed by atoms with E-state index in [0.29, 0.717) is 4.68 Å². The van der Waals surface area contributed by atoms with Gasteiger partial charge in [0, 0.05) is 6.54 Å². The molecule has 1 heterocycles. The number of aromatic nitrogens is 3. The van der Waals surface area contributed by atoms with Crippen LogP contribution in [-0.4, -0.2) is 41.6 Å². The van der Waals surface area contributed by atoms with Crippen LogP contribution in [0.1, 0.15) is 16.2 Å². The summed E-state index contributed by atoms with van der Waals surface area (Å²) in [6.45, 7) is -0.434. The molecule has 0 saturated heterocycles. The largest absolute Gasteiger partial charge is 0.435 e. The Morgan fingerprint density at radius 1 is 1.03 bits per heavy atom. The van der Waals surface area contributed by atoms with E-state index in [2.05, 4.69) is 15.6 Å². The van der Waals surface area contributed by atoms with Gasteiger partial charge in [-0.25, -0.2) is 17.5 Å². The molecule has 158 valence electrons. The van der Waals surface area contributed by atoms with Gasteiger partial charge in [-0.1, -0.05) is 23.4 Å². The van der Waals surface area contributed by atoms with Gasteiger partial charge in [-0.2, -0.15) is 13.2 Å². The summed E-state index contributed by atoms with van der Waals surface area (Å²) < 4.78 is 78.5. The average molecular weight is 442 g/mol. The van der Waals surface area contributed by atoms with Crippen molar-refractivity contribution < 1.29 is 30.8 Å². The van der Waals surface area contributed by atoms with Crippen molar-refractivity contribution in [1.29, 1.82) is 0 Å². The van der Waals surface area contributed by atoms with E-state index < -0.39 is 51.4 Å². The van der Waals surface area contributed by atoms with Crippen molar-refractivity contribution in [3.63, 3.8) is 0 Å². The molecule has 0 unspecified atom stereocenters. The van der Waals surface area contributed by atoms with Crippen LogP contribution in [0.15, 0.2) is 59.5 Å². The van der Waals surface area contributed by atoms with E-state index in [0.717, 1.165) is 24.3 Å². The molecule has 1 amide bonds. The van der Waals surface area contributed by atoms with E-state index in [9.17, 15) is 30.8 Å². The quantitative estimate of drug-likeness (QED) is 0.593. The van der Waals surface area contributed by atoms with Crippen LogP contribution < -0.4 is 5.32 Å². The number of nitrogens with one attached hydrogen (secondary N) is 1. The smallest absolute Gasteiger partial charge is 0.350 e. The second-order valence-electron chi connectivity index (χ2n) is 6.06. The summed E-state index contributed by atoms with van der Waals surface area (Å²) in [5, 5.41) is 8.76. The number of nitrogens with zero attached hydrogens (tertiary/aromatic N) is 3. The molecule has 0 saturated carbocycles. The first-order chi connectivity index (χ1) is 14.1. The van der Waals surface area contributed by atoms with Gasteiger partial charge in [0.15, 0.2) is 21.2 Å². The third-order valence-electron chi connectivity index (χ3n) is 3.98. The summed E-state index contributed by atoms with van der Waals surface area (Å²) in [5.41, 5.74) is -2.64. The molecule has 0 fully saturated rings. The van der Waals surface area contributed by atoms with Crippen LogP contribution in [0.3, 0.4) is 0 Å². The monoisotopic (exact) mass is 442 g/mol. The SMILES string of the molecule is O=C(NCCS(=O)(=O)c1ccccc1)c1nnn(-c2ccc(F)cc2)c1C(F)(F)F. The fraction of sp³-hybridized carbons (Fsp3) is 0.167. The molecular formula is C18H14F4N4O3S. The fourth-order valence-electron chi connectivity index (χ4n) is 2.58. The van der Waals surface area contributed by atoms with Crippen LogP contribution in [-0.2, 0) is 16.0 Å². The van der Waals surface area contributed by atoms with E-state index >= 15 is 0 Å². The van der Waals surface area contributed by atoms with Crippen molar-refractivity contribution in [2.75, 3.05) is 12.3 Å². The van der Waals surface area contributed by atoms with Crippen molar-refractivity contribution in [2.24, 2.45) is 0 Å². The van der Waals surface area contributed by atoms with Gasteiger partial charge >= 0.3 is 6.18 Å². The summed E-state index contributed by atoms with van der Waals surface area (Å²) in [6, 6.07) is 11.4. The minimum atomic E-state index is -5.00.